The van der Waals surface area contributed by atoms with E-state index in [1.807, 2.05) is 42.5 Å². The summed E-state index contributed by atoms with van der Waals surface area (Å²) in [5.74, 6) is -1.05. The van der Waals surface area contributed by atoms with Gasteiger partial charge in [0.15, 0.2) is 13.2 Å². The van der Waals surface area contributed by atoms with Gasteiger partial charge in [-0.25, -0.2) is 19.7 Å². The van der Waals surface area contributed by atoms with Gasteiger partial charge in [0.05, 0.1) is 65.5 Å². The second kappa shape index (κ2) is 37.8. The van der Waals surface area contributed by atoms with Crippen LogP contribution >= 0.6 is 46.4 Å². The second-order valence-corrected chi connectivity index (χ2v) is 29.0. The fourth-order valence-electron chi connectivity index (χ4n) is 13.1. The largest absolute Gasteiger partial charge is 0.482 e. The number of hydrogen-bond acceptors (Lipinski definition) is 26. The number of carbonyl (C=O) groups is 8. The van der Waals surface area contributed by atoms with E-state index in [0.29, 0.717) is 130 Å². The highest BCUT2D eigenvalue weighted by Gasteiger charge is 2.29. The molecule has 0 radical (unpaired) electrons. The van der Waals surface area contributed by atoms with Crippen molar-refractivity contribution >= 4 is 117 Å². The first-order chi connectivity index (χ1) is 57.7. The molecule has 4 amide bonds. The maximum absolute atomic E-state index is 12.6. The zero-order chi connectivity index (χ0) is 85.0. The zero-order valence-electron chi connectivity index (χ0n) is 65.5. The molecule has 0 spiro atoms. The number of anilines is 4. The molecule has 0 fully saturated rings. The van der Waals surface area contributed by atoms with E-state index in [2.05, 4.69) is 77.5 Å². The number of halogens is 4. The molecule has 11 heterocycles. The Balaban J connectivity index is 0.000000138. The highest BCUT2D eigenvalue weighted by molar-refractivity contribution is 6.31. The van der Waals surface area contributed by atoms with Crippen molar-refractivity contribution in [3.05, 3.63) is 229 Å². The number of nitrogens with one attached hydrogen (secondary N) is 4. The van der Waals surface area contributed by atoms with Crippen molar-refractivity contribution in [2.45, 2.75) is 97.2 Å². The van der Waals surface area contributed by atoms with Gasteiger partial charge in [-0.15, -0.1) is 20.4 Å². The predicted molar refractivity (Wildman–Crippen MR) is 437 cm³/mol. The number of benzene rings is 5. The number of aromatic nitrogens is 15. The summed E-state index contributed by atoms with van der Waals surface area (Å²) in [6, 6.07) is 39.4. The fraction of sp³-hybridized carbons (Fsp3) is 0.256. The molecule has 12 aromatic rings. The molecule has 4 N–H and O–H groups in total. The first-order valence-corrected chi connectivity index (χ1v) is 38.7. The van der Waals surface area contributed by atoms with Crippen LogP contribution in [0.15, 0.2) is 152 Å². The Bertz CT molecular complexity index is 5230. The Labute approximate surface area is 704 Å². The van der Waals surface area contributed by atoms with Gasteiger partial charge in [0.2, 0.25) is 5.91 Å². The normalized spacial score (nSPS) is 13.8. The van der Waals surface area contributed by atoms with E-state index in [9.17, 15) is 38.4 Å². The number of aryl methyl sites for hydroxylation is 5. The summed E-state index contributed by atoms with van der Waals surface area (Å²) in [5, 5.41) is 45.5. The van der Waals surface area contributed by atoms with E-state index in [0.717, 1.165) is 39.1 Å². The van der Waals surface area contributed by atoms with E-state index < -0.39 is 54.4 Å². The van der Waals surface area contributed by atoms with Crippen LogP contribution in [0, 0.1) is 0 Å². The van der Waals surface area contributed by atoms with Crippen molar-refractivity contribution in [1.82, 2.24) is 74.9 Å². The second-order valence-electron chi connectivity index (χ2n) is 27.5. The number of hydrogen-bond donors (Lipinski definition) is 4. The summed E-state index contributed by atoms with van der Waals surface area (Å²) in [6.45, 7) is 7.06. The van der Waals surface area contributed by atoms with Crippen molar-refractivity contribution in [2.24, 2.45) is 28.2 Å². The molecule has 34 nitrogen and oxygen atoms in total. The average Bonchev–Trinajstić information content (AvgIpc) is 1.57. The Morgan fingerprint density at radius 1 is 0.383 bits per heavy atom. The van der Waals surface area contributed by atoms with Crippen LogP contribution in [0.5, 0.6) is 11.5 Å². The lowest BCUT2D eigenvalue weighted by molar-refractivity contribution is -0.148. The Morgan fingerprint density at radius 2 is 0.717 bits per heavy atom. The monoisotopic (exact) mass is 1710 g/mol. The summed E-state index contributed by atoms with van der Waals surface area (Å²) in [5.41, 5.74) is 14.9. The molecule has 5 aromatic carbocycles. The first kappa shape index (κ1) is 84.3. The van der Waals surface area contributed by atoms with Gasteiger partial charge in [-0.05, 0) is 112 Å². The van der Waals surface area contributed by atoms with Crippen LogP contribution in [-0.4, -0.2) is 136 Å². The standard InChI is InChI=1S/C21H20ClN5O3.C21H19ClN4O4.2C20H18ClN5O4/c1-12(15-4-3-9-23-21(15)22)30-19(29)11-17-20(25-26-27(17)2)14-5-7-16-13(10-14)6-8-18(28)24-16;1-12(14-5-3-4-6-15(14)22)30-20(28)10-17-21(24-25-26(17)2)13-7-8-16-18(9-13)29-11-19(27)23-16;1-11(14-4-3-7-22-19(14)21)30-17(27)9-16-18(24-25-26(16)2)12-5-6-15-13(8-12)10-29-20(28)23-15;1-11(13-4-3-7-22-20(13)21)30-18(28)9-15-19(24-25-26(15)2)12-5-6-14-16(8-12)29-10-17(27)23-14/h3-5,7,9-10,12H,6,8,11H2,1-2H3,(H,24,28);3-9,12H,10-11H2,1-2H3,(H,23,27);3-8,11H,9-10H2,1-2H3,(H,23,28);3-8,11H,9-10H2,1-2H3,(H,23,27)/t2*12-;2*11-/m1111/s1. The minimum absolute atomic E-state index is 0.00880. The van der Waals surface area contributed by atoms with Gasteiger partial charge in [0.1, 0.15) is 80.8 Å². The molecule has 0 saturated carbocycles. The van der Waals surface area contributed by atoms with Gasteiger partial charge in [-0.3, -0.25) is 57.6 Å². The number of carbonyl (C=O) groups excluding carboxylic acids is 8. The van der Waals surface area contributed by atoms with E-state index >= 15 is 0 Å². The maximum atomic E-state index is 12.6. The summed E-state index contributed by atoms with van der Waals surface area (Å²) >= 11 is 24.4. The predicted octanol–water partition coefficient (Wildman–Crippen LogP) is 12.7. The third-order valence-corrected chi connectivity index (χ3v) is 20.6. The molecular formula is C82H75Cl4N19O15. The molecular weight excluding hydrogens is 1630 g/mol. The minimum atomic E-state index is -0.552. The van der Waals surface area contributed by atoms with E-state index in [4.69, 9.17) is 79.6 Å². The highest BCUT2D eigenvalue weighted by Crippen LogP contribution is 2.38. The zero-order valence-corrected chi connectivity index (χ0v) is 68.5. The van der Waals surface area contributed by atoms with E-state index in [1.54, 1.807) is 175 Å². The third-order valence-electron chi connectivity index (χ3n) is 19.3. The lowest BCUT2D eigenvalue weighted by Crippen LogP contribution is -2.25. The molecule has 38 heteroatoms. The summed E-state index contributed by atoms with van der Waals surface area (Å²) in [4.78, 5) is 108. The Hall–Kier alpha value is -13.6. The summed E-state index contributed by atoms with van der Waals surface area (Å²) in [6.07, 6.45) is 3.17. The number of nitrogens with zero attached hydrogens (tertiary/aromatic N) is 15. The van der Waals surface area contributed by atoms with Crippen molar-refractivity contribution < 1.29 is 71.5 Å². The fourth-order valence-corrected chi connectivity index (χ4v) is 14.2. The molecule has 4 aliphatic heterocycles. The quantitative estimate of drug-likeness (QED) is 0.0313. The number of rotatable bonds is 20. The molecule has 120 heavy (non-hydrogen) atoms. The minimum Gasteiger partial charge on any atom is -0.482 e. The molecule has 616 valence electrons. The van der Waals surface area contributed by atoms with Crippen LogP contribution in [0.3, 0.4) is 0 Å². The van der Waals surface area contributed by atoms with Gasteiger partial charge in [0.25, 0.3) is 11.8 Å². The topological polar surface area (TPSA) is 411 Å². The number of cyclic esters (lactones) is 1. The highest BCUT2D eigenvalue weighted by atomic mass is 35.5. The average molecular weight is 1710 g/mol. The van der Waals surface area contributed by atoms with Gasteiger partial charge < -0.3 is 49.1 Å². The van der Waals surface area contributed by atoms with Gasteiger partial charge >= 0.3 is 30.0 Å². The first-order valence-electron chi connectivity index (χ1n) is 37.2. The summed E-state index contributed by atoms with van der Waals surface area (Å²) < 4.78 is 44.3. The molecule has 7 aromatic heterocycles. The van der Waals surface area contributed by atoms with Gasteiger partial charge in [0, 0.05) is 114 Å². The van der Waals surface area contributed by atoms with Crippen LogP contribution in [-0.2, 0) is 124 Å². The van der Waals surface area contributed by atoms with Gasteiger partial charge in [-0.2, -0.15) is 0 Å². The molecule has 0 bridgehead atoms. The SMILES string of the molecule is C[C@@H](OC(=O)Cc1c(-c2ccc3c(c2)CCC(=O)N3)nnn1C)c1cccnc1Cl.C[C@@H](OC(=O)Cc1c(-c2ccc3c(c2)COC(=O)N3)nnn1C)c1cccnc1Cl.C[C@@H](OC(=O)Cc1c(-c2ccc3c(c2)OCC(=O)N3)nnn1C)c1ccccc1Cl.C[C@@H](OC(=O)Cc1c(-c2ccc3c(c2)OCC(=O)N3)nnn1C)c1cccnc1Cl. The van der Waals surface area contributed by atoms with Crippen LogP contribution < -0.4 is 30.7 Å². The summed E-state index contributed by atoms with van der Waals surface area (Å²) in [7, 11) is 6.86. The Kier molecular flexibility index (Phi) is 26.6. The third kappa shape index (κ3) is 20.3. The Morgan fingerprint density at radius 3 is 1.10 bits per heavy atom. The lowest BCUT2D eigenvalue weighted by Gasteiger charge is -2.18. The van der Waals surface area contributed by atoms with Crippen LogP contribution in [0.1, 0.15) is 115 Å². The van der Waals surface area contributed by atoms with E-state index in [-0.39, 0.29) is 63.2 Å². The number of fused-ring (bicyclic) bond motifs is 4. The molecule has 0 unspecified atom stereocenters. The van der Waals surface area contributed by atoms with Crippen molar-refractivity contribution in [3.8, 4) is 56.5 Å². The smallest absolute Gasteiger partial charge is 0.411 e. The molecule has 4 aliphatic rings. The molecule has 4 atom stereocenters. The number of amides is 4. The van der Waals surface area contributed by atoms with Crippen LogP contribution in [0.2, 0.25) is 20.5 Å². The van der Waals surface area contributed by atoms with E-state index in [1.165, 1.54) is 9.36 Å². The van der Waals surface area contributed by atoms with Crippen molar-refractivity contribution in [1.29, 1.82) is 0 Å². The van der Waals surface area contributed by atoms with Crippen molar-refractivity contribution in [2.75, 3.05) is 34.5 Å². The number of esters is 4. The van der Waals surface area contributed by atoms with Crippen LogP contribution in [0.25, 0.3) is 45.0 Å². The number of pyridine rings is 3. The van der Waals surface area contributed by atoms with Crippen molar-refractivity contribution in [3.63, 3.8) is 0 Å². The molecule has 0 saturated heterocycles. The lowest BCUT2D eigenvalue weighted by atomic mass is 9.98. The maximum Gasteiger partial charge on any atom is 0.411 e. The van der Waals surface area contributed by atoms with Crippen LogP contribution in [0.4, 0.5) is 27.5 Å². The molecule has 0 aliphatic carbocycles. The molecule has 16 rings (SSSR count). The number of ether oxygens (including phenoxy) is 7. The van der Waals surface area contributed by atoms with Gasteiger partial charge in [-0.1, -0.05) is 128 Å².